The first kappa shape index (κ1) is 17.2. The van der Waals surface area contributed by atoms with Gasteiger partial charge in [-0.15, -0.1) is 0 Å². The van der Waals surface area contributed by atoms with Gasteiger partial charge in [-0.05, 0) is 32.0 Å². The Hall–Kier alpha value is -0.820. The molecule has 0 bridgehead atoms. The Kier molecular flexibility index (Phi) is 5.43. The zero-order valence-corrected chi connectivity index (χ0v) is 12.9. The van der Waals surface area contributed by atoms with Crippen molar-refractivity contribution >= 4 is 17.5 Å². The first-order valence-electron chi connectivity index (χ1n) is 5.63. The first-order chi connectivity index (χ1) is 9.03. The second-order valence-corrected chi connectivity index (χ2v) is 8.53. The van der Waals surface area contributed by atoms with E-state index in [1.54, 1.807) is 13.8 Å². The van der Waals surface area contributed by atoms with Gasteiger partial charge in [0.1, 0.15) is 22.9 Å². The molecule has 1 unspecified atom stereocenters. The third kappa shape index (κ3) is 4.94. The highest BCUT2D eigenvalue weighted by Gasteiger charge is 2.26. The molecule has 0 spiro atoms. The first-order valence-corrected chi connectivity index (χ1v) is 9.29. The molecule has 0 aliphatic heterocycles. The van der Waals surface area contributed by atoms with Crippen molar-refractivity contribution in [2.24, 2.45) is 0 Å². The monoisotopic (exact) mass is 328 g/mol. The summed E-state index contributed by atoms with van der Waals surface area (Å²) in [5.74, 6) is -2.08. The van der Waals surface area contributed by atoms with Gasteiger partial charge in [-0.1, -0.05) is 0 Å². The summed E-state index contributed by atoms with van der Waals surface area (Å²) in [6.07, 6.45) is -1.13. The van der Waals surface area contributed by atoms with E-state index in [1.165, 1.54) is 6.66 Å². The normalized spacial score (nSPS) is 15.3. The molecular weight excluding hydrogens is 313 g/mol. The summed E-state index contributed by atoms with van der Waals surface area (Å²) in [4.78, 5) is -0.943. The van der Waals surface area contributed by atoms with Gasteiger partial charge in [0.05, 0.1) is 6.10 Å². The van der Waals surface area contributed by atoms with Crippen LogP contribution in [-0.4, -0.2) is 27.5 Å². The lowest BCUT2D eigenvalue weighted by Crippen LogP contribution is -2.12. The van der Waals surface area contributed by atoms with E-state index >= 15 is 0 Å². The van der Waals surface area contributed by atoms with E-state index in [1.807, 2.05) is 0 Å². The number of benzene rings is 1. The maximum atomic E-state index is 13.4. The highest BCUT2D eigenvalue weighted by Crippen LogP contribution is 2.44. The van der Waals surface area contributed by atoms with E-state index in [0.29, 0.717) is 12.1 Å². The lowest BCUT2D eigenvalue weighted by Gasteiger charge is -2.16. The van der Waals surface area contributed by atoms with E-state index in [0.717, 1.165) is 6.07 Å². The van der Waals surface area contributed by atoms with Gasteiger partial charge < -0.3 is 4.52 Å². The van der Waals surface area contributed by atoms with Crippen LogP contribution in [-0.2, 0) is 23.4 Å². The van der Waals surface area contributed by atoms with Crippen LogP contribution in [0.4, 0.5) is 8.78 Å². The van der Waals surface area contributed by atoms with Crippen LogP contribution < -0.4 is 0 Å². The van der Waals surface area contributed by atoms with E-state index in [4.69, 9.17) is 4.52 Å². The minimum Gasteiger partial charge on any atom is -0.324 e. The Morgan fingerprint density at radius 3 is 2.45 bits per heavy atom. The molecule has 114 valence electrons. The minimum absolute atomic E-state index is 0.386. The van der Waals surface area contributed by atoms with Crippen molar-refractivity contribution in [1.29, 1.82) is 0 Å². The molecule has 0 saturated carbocycles. The highest BCUT2D eigenvalue weighted by molar-refractivity contribution is 7.87. The molecule has 0 heterocycles. The van der Waals surface area contributed by atoms with Crippen LogP contribution >= 0.6 is 7.37 Å². The second kappa shape index (κ2) is 6.30. The van der Waals surface area contributed by atoms with Gasteiger partial charge >= 0.3 is 10.1 Å². The molecule has 20 heavy (non-hydrogen) atoms. The molecule has 0 radical (unpaired) electrons. The van der Waals surface area contributed by atoms with Crippen LogP contribution in [0.1, 0.15) is 13.8 Å². The van der Waals surface area contributed by atoms with Gasteiger partial charge in [-0.3, -0.25) is 8.75 Å². The fraction of sp³-hybridized carbons (Fsp3) is 0.455. The summed E-state index contributed by atoms with van der Waals surface area (Å²) in [6, 6.07) is 1.94. The lowest BCUT2D eigenvalue weighted by atomic mass is 10.3. The van der Waals surface area contributed by atoms with Gasteiger partial charge in [0, 0.05) is 6.66 Å². The van der Waals surface area contributed by atoms with Crippen LogP contribution in [0.15, 0.2) is 23.1 Å². The molecule has 1 rings (SSSR count). The van der Waals surface area contributed by atoms with Crippen molar-refractivity contribution in [2.45, 2.75) is 24.8 Å². The molecule has 5 nitrogen and oxygen atoms in total. The predicted molar refractivity (Wildman–Crippen MR) is 69.2 cm³/mol. The molecule has 1 aromatic rings. The van der Waals surface area contributed by atoms with E-state index in [2.05, 4.69) is 4.18 Å². The fourth-order valence-electron chi connectivity index (χ4n) is 1.37. The number of hydrogen-bond donors (Lipinski definition) is 0. The highest BCUT2D eigenvalue weighted by atomic mass is 32.2. The van der Waals surface area contributed by atoms with Crippen molar-refractivity contribution in [1.82, 2.24) is 0 Å². The molecule has 0 aliphatic rings. The van der Waals surface area contributed by atoms with Crippen molar-refractivity contribution in [2.75, 3.05) is 13.0 Å². The molecule has 9 heteroatoms. The van der Waals surface area contributed by atoms with E-state index < -0.39 is 40.4 Å². The van der Waals surface area contributed by atoms with E-state index in [-0.39, 0.29) is 6.10 Å². The number of rotatable bonds is 6. The summed E-state index contributed by atoms with van der Waals surface area (Å²) in [5, 5.41) is 0. The molecule has 1 aromatic carbocycles. The Balaban J connectivity index is 2.91. The Morgan fingerprint density at radius 2 is 1.90 bits per heavy atom. The molecule has 1 atom stereocenters. The van der Waals surface area contributed by atoms with Crippen LogP contribution in [0.5, 0.6) is 0 Å². The third-order valence-corrected chi connectivity index (χ3v) is 4.96. The van der Waals surface area contributed by atoms with Gasteiger partial charge in [0.2, 0.25) is 7.37 Å². The Bertz CT molecular complexity index is 630. The zero-order chi connectivity index (χ0) is 15.6. The minimum atomic E-state index is -4.55. The topological polar surface area (TPSA) is 69.7 Å². The quantitative estimate of drug-likeness (QED) is 0.593. The molecule has 0 N–H and O–H groups in total. The summed E-state index contributed by atoms with van der Waals surface area (Å²) >= 11 is 0. The van der Waals surface area contributed by atoms with E-state index in [9.17, 15) is 21.8 Å². The van der Waals surface area contributed by atoms with Crippen molar-refractivity contribution in [3.05, 3.63) is 29.8 Å². The fourth-order valence-corrected chi connectivity index (χ4v) is 4.34. The molecule has 0 fully saturated rings. The van der Waals surface area contributed by atoms with Gasteiger partial charge in [0.15, 0.2) is 0 Å². The molecule has 0 aromatic heterocycles. The Morgan fingerprint density at radius 1 is 1.30 bits per heavy atom. The SMILES string of the molecule is CC(C)OP(C)(=O)COS(=O)(=O)c1cc(F)ccc1F. The standard InChI is InChI=1S/C11H15F2O5PS/c1-8(2)18-19(3,14)7-17-20(15,16)11-6-9(12)4-5-10(11)13/h4-6,8H,7H2,1-3H3. The van der Waals surface area contributed by atoms with Crippen molar-refractivity contribution in [3.63, 3.8) is 0 Å². The Labute approximate surface area is 116 Å². The largest absolute Gasteiger partial charge is 0.324 e. The summed E-state index contributed by atoms with van der Waals surface area (Å²) in [6.45, 7) is 4.44. The van der Waals surface area contributed by atoms with Crippen LogP contribution in [0, 0.1) is 11.6 Å². The summed E-state index contributed by atoms with van der Waals surface area (Å²) in [7, 11) is -7.86. The average molecular weight is 328 g/mol. The second-order valence-electron chi connectivity index (χ2n) is 4.44. The number of hydrogen-bond acceptors (Lipinski definition) is 5. The van der Waals surface area contributed by atoms with Gasteiger partial charge in [-0.25, -0.2) is 8.78 Å². The van der Waals surface area contributed by atoms with Crippen LogP contribution in [0.25, 0.3) is 0 Å². The summed E-state index contributed by atoms with van der Waals surface area (Å²) < 4.78 is 71.2. The zero-order valence-electron chi connectivity index (χ0n) is 11.2. The molecule has 0 amide bonds. The van der Waals surface area contributed by atoms with Gasteiger partial charge in [-0.2, -0.15) is 8.42 Å². The molecule has 0 aliphatic carbocycles. The predicted octanol–water partition coefficient (Wildman–Crippen LogP) is 2.96. The smallest absolute Gasteiger partial charge is 0.300 e. The summed E-state index contributed by atoms with van der Waals surface area (Å²) in [5.41, 5.74) is 0. The maximum Gasteiger partial charge on any atom is 0.300 e. The maximum absolute atomic E-state index is 13.4. The van der Waals surface area contributed by atoms with Crippen LogP contribution in [0.3, 0.4) is 0 Å². The van der Waals surface area contributed by atoms with Crippen LogP contribution in [0.2, 0.25) is 0 Å². The van der Waals surface area contributed by atoms with Crippen molar-refractivity contribution in [3.8, 4) is 0 Å². The lowest BCUT2D eigenvalue weighted by molar-refractivity contribution is 0.230. The molecular formula is C11H15F2O5PS. The van der Waals surface area contributed by atoms with Crippen molar-refractivity contribution < 1.29 is 30.5 Å². The third-order valence-electron chi connectivity index (χ3n) is 2.04. The van der Waals surface area contributed by atoms with Gasteiger partial charge in [0.25, 0.3) is 0 Å². The number of halogens is 2. The average Bonchev–Trinajstić information content (AvgIpc) is 2.28. The molecule has 0 saturated heterocycles.